The van der Waals surface area contributed by atoms with Crippen LogP contribution in [-0.4, -0.2) is 18.8 Å². The van der Waals surface area contributed by atoms with Crippen molar-refractivity contribution in [1.29, 1.82) is 0 Å². The zero-order valence-electron chi connectivity index (χ0n) is 8.87. The third kappa shape index (κ3) is 2.17. The number of methoxy groups -OCH3 is 1. The summed E-state index contributed by atoms with van der Waals surface area (Å²) < 4.78 is 5.19. The van der Waals surface area contributed by atoms with Crippen LogP contribution in [0.3, 0.4) is 0 Å². The van der Waals surface area contributed by atoms with E-state index in [2.05, 4.69) is 5.32 Å². The van der Waals surface area contributed by atoms with Gasteiger partial charge in [-0.2, -0.15) is 0 Å². The van der Waals surface area contributed by atoms with Crippen LogP contribution in [0.4, 0.5) is 0 Å². The van der Waals surface area contributed by atoms with E-state index in [0.29, 0.717) is 0 Å². The first kappa shape index (κ1) is 10.9. The number of nitrogens with one attached hydrogen (secondary N) is 1. The number of aromatic hydroxyl groups is 1. The Bertz CT molecular complexity index is 299. The lowest BCUT2D eigenvalue weighted by Gasteiger charge is -2.17. The lowest BCUT2D eigenvalue weighted by Crippen LogP contribution is -2.18. The Morgan fingerprint density at radius 3 is 2.79 bits per heavy atom. The van der Waals surface area contributed by atoms with Crippen LogP contribution in [0.5, 0.6) is 11.5 Å². The number of rotatable bonds is 4. The molecule has 14 heavy (non-hydrogen) atoms. The second-order valence-corrected chi connectivity index (χ2v) is 3.17. The number of benzene rings is 1. The summed E-state index contributed by atoms with van der Waals surface area (Å²) in [5, 5.41) is 12.9. The first-order valence-corrected chi connectivity index (χ1v) is 4.80. The largest absolute Gasteiger partial charge is 0.507 e. The van der Waals surface area contributed by atoms with Gasteiger partial charge in [0.25, 0.3) is 0 Å². The van der Waals surface area contributed by atoms with Crippen molar-refractivity contribution in [2.24, 2.45) is 0 Å². The lowest BCUT2D eigenvalue weighted by molar-refractivity contribution is 0.389. The van der Waals surface area contributed by atoms with E-state index in [0.717, 1.165) is 17.9 Å². The Kier molecular flexibility index (Phi) is 3.77. The van der Waals surface area contributed by atoms with Crippen molar-refractivity contribution >= 4 is 0 Å². The van der Waals surface area contributed by atoms with Crippen molar-refractivity contribution in [1.82, 2.24) is 5.32 Å². The molecule has 0 spiro atoms. The van der Waals surface area contributed by atoms with Gasteiger partial charge in [0.1, 0.15) is 11.5 Å². The van der Waals surface area contributed by atoms with E-state index in [1.807, 2.05) is 19.9 Å². The molecule has 1 aromatic carbocycles. The van der Waals surface area contributed by atoms with Gasteiger partial charge in [-0.1, -0.05) is 13.0 Å². The standard InChI is InChI=1S/C11H17NO2/c1-4-12-8(2)11-9(13)6-5-7-10(11)14-3/h5-8,12-13H,4H2,1-3H3. The van der Waals surface area contributed by atoms with Crippen LogP contribution in [0.15, 0.2) is 18.2 Å². The average molecular weight is 195 g/mol. The highest BCUT2D eigenvalue weighted by molar-refractivity contribution is 5.45. The third-order valence-electron chi connectivity index (χ3n) is 2.21. The lowest BCUT2D eigenvalue weighted by atomic mass is 10.1. The van der Waals surface area contributed by atoms with Gasteiger partial charge in [0.2, 0.25) is 0 Å². The predicted octanol–water partition coefficient (Wildman–Crippen LogP) is 2.07. The molecular formula is C11H17NO2. The first-order chi connectivity index (χ1) is 6.70. The van der Waals surface area contributed by atoms with Gasteiger partial charge in [0, 0.05) is 6.04 Å². The minimum Gasteiger partial charge on any atom is -0.507 e. The molecular weight excluding hydrogens is 178 g/mol. The molecule has 0 aliphatic rings. The highest BCUT2D eigenvalue weighted by Crippen LogP contribution is 2.32. The van der Waals surface area contributed by atoms with Crippen molar-refractivity contribution in [2.45, 2.75) is 19.9 Å². The summed E-state index contributed by atoms with van der Waals surface area (Å²) in [7, 11) is 1.61. The van der Waals surface area contributed by atoms with Crippen LogP contribution in [-0.2, 0) is 0 Å². The summed E-state index contributed by atoms with van der Waals surface area (Å²) in [6.07, 6.45) is 0. The number of hydrogen-bond donors (Lipinski definition) is 2. The molecule has 3 nitrogen and oxygen atoms in total. The molecule has 1 rings (SSSR count). The molecule has 1 unspecified atom stereocenters. The highest BCUT2D eigenvalue weighted by atomic mass is 16.5. The van der Waals surface area contributed by atoms with Gasteiger partial charge in [-0.15, -0.1) is 0 Å². The SMILES string of the molecule is CCNC(C)c1c(O)cccc1OC. The average Bonchev–Trinajstić information content (AvgIpc) is 2.17. The minimum atomic E-state index is 0.0937. The van der Waals surface area contributed by atoms with E-state index in [1.54, 1.807) is 19.2 Å². The second kappa shape index (κ2) is 4.86. The van der Waals surface area contributed by atoms with E-state index in [9.17, 15) is 5.11 Å². The van der Waals surface area contributed by atoms with Crippen molar-refractivity contribution in [3.8, 4) is 11.5 Å². The van der Waals surface area contributed by atoms with E-state index in [-0.39, 0.29) is 11.8 Å². The monoisotopic (exact) mass is 195 g/mol. The van der Waals surface area contributed by atoms with Gasteiger partial charge in [0.05, 0.1) is 12.7 Å². The molecule has 1 aromatic rings. The molecule has 0 bridgehead atoms. The highest BCUT2D eigenvalue weighted by Gasteiger charge is 2.14. The number of hydrogen-bond acceptors (Lipinski definition) is 3. The predicted molar refractivity (Wildman–Crippen MR) is 56.8 cm³/mol. The van der Waals surface area contributed by atoms with Gasteiger partial charge in [-0.05, 0) is 25.6 Å². The molecule has 0 heterocycles. The number of ether oxygens (including phenoxy) is 1. The van der Waals surface area contributed by atoms with Gasteiger partial charge in [0.15, 0.2) is 0 Å². The molecule has 0 radical (unpaired) electrons. The number of phenolic OH excluding ortho intramolecular Hbond substituents is 1. The van der Waals surface area contributed by atoms with Crippen LogP contribution in [0, 0.1) is 0 Å². The summed E-state index contributed by atoms with van der Waals surface area (Å²) >= 11 is 0. The molecule has 0 saturated carbocycles. The zero-order chi connectivity index (χ0) is 10.6. The quantitative estimate of drug-likeness (QED) is 0.772. The summed E-state index contributed by atoms with van der Waals surface area (Å²) in [5.74, 6) is 0.997. The Morgan fingerprint density at radius 1 is 1.50 bits per heavy atom. The molecule has 0 saturated heterocycles. The Labute approximate surface area is 84.7 Å². The third-order valence-corrected chi connectivity index (χ3v) is 2.21. The van der Waals surface area contributed by atoms with Gasteiger partial charge < -0.3 is 15.2 Å². The van der Waals surface area contributed by atoms with Crippen molar-refractivity contribution in [3.05, 3.63) is 23.8 Å². The second-order valence-electron chi connectivity index (χ2n) is 3.17. The molecule has 78 valence electrons. The molecule has 2 N–H and O–H groups in total. The van der Waals surface area contributed by atoms with Gasteiger partial charge in [-0.3, -0.25) is 0 Å². The van der Waals surface area contributed by atoms with Crippen LogP contribution in [0.25, 0.3) is 0 Å². The Hall–Kier alpha value is -1.22. The summed E-state index contributed by atoms with van der Waals surface area (Å²) in [6, 6.07) is 5.39. The normalized spacial score (nSPS) is 12.5. The molecule has 0 aliphatic heterocycles. The molecule has 0 aliphatic carbocycles. The molecule has 0 fully saturated rings. The van der Waals surface area contributed by atoms with Crippen LogP contribution in [0.1, 0.15) is 25.5 Å². The molecule has 1 atom stereocenters. The van der Waals surface area contributed by atoms with Crippen LogP contribution in [0.2, 0.25) is 0 Å². The maximum atomic E-state index is 9.70. The fraction of sp³-hybridized carbons (Fsp3) is 0.455. The van der Waals surface area contributed by atoms with Crippen molar-refractivity contribution in [2.75, 3.05) is 13.7 Å². The van der Waals surface area contributed by atoms with E-state index in [1.165, 1.54) is 0 Å². The topological polar surface area (TPSA) is 41.5 Å². The maximum absolute atomic E-state index is 9.70. The molecule has 0 amide bonds. The van der Waals surface area contributed by atoms with E-state index in [4.69, 9.17) is 4.74 Å². The molecule has 0 aromatic heterocycles. The Morgan fingerprint density at radius 2 is 2.21 bits per heavy atom. The van der Waals surface area contributed by atoms with E-state index >= 15 is 0 Å². The number of phenols is 1. The molecule has 3 heteroatoms. The fourth-order valence-corrected chi connectivity index (χ4v) is 1.55. The maximum Gasteiger partial charge on any atom is 0.127 e. The minimum absolute atomic E-state index is 0.0937. The van der Waals surface area contributed by atoms with Crippen molar-refractivity contribution in [3.63, 3.8) is 0 Å². The van der Waals surface area contributed by atoms with Gasteiger partial charge >= 0.3 is 0 Å². The first-order valence-electron chi connectivity index (χ1n) is 4.80. The fourth-order valence-electron chi connectivity index (χ4n) is 1.55. The van der Waals surface area contributed by atoms with Crippen LogP contribution >= 0.6 is 0 Å². The summed E-state index contributed by atoms with van der Waals surface area (Å²) in [5.41, 5.74) is 0.817. The van der Waals surface area contributed by atoms with Crippen molar-refractivity contribution < 1.29 is 9.84 Å². The smallest absolute Gasteiger partial charge is 0.127 e. The van der Waals surface area contributed by atoms with Crippen LogP contribution < -0.4 is 10.1 Å². The summed E-state index contributed by atoms with van der Waals surface area (Å²) in [4.78, 5) is 0. The van der Waals surface area contributed by atoms with Gasteiger partial charge in [-0.25, -0.2) is 0 Å². The Balaban J connectivity index is 3.03. The zero-order valence-corrected chi connectivity index (χ0v) is 8.87. The van der Waals surface area contributed by atoms with E-state index < -0.39 is 0 Å². The summed E-state index contributed by atoms with van der Waals surface area (Å²) in [6.45, 7) is 4.89.